The fourth-order valence-corrected chi connectivity index (χ4v) is 4.65. The topological polar surface area (TPSA) is 65.2 Å². The summed E-state index contributed by atoms with van der Waals surface area (Å²) in [4.78, 5) is 9.93. The van der Waals surface area contributed by atoms with E-state index in [0.717, 1.165) is 33.4 Å². The molecular formula is C33H34Cl2N2O2Zr. The van der Waals surface area contributed by atoms with Crippen LogP contribution in [0.2, 0.25) is 0 Å². The third-order valence-corrected chi connectivity index (χ3v) is 6.55. The Bertz CT molecular complexity index is 1340. The fourth-order valence-electron chi connectivity index (χ4n) is 4.65. The number of nitrogens with zero attached hydrogens (tertiary/aromatic N) is 2. The SMILES string of the molecule is Cc1cc(C)c(O)c(C=N[C@@H](C[C@H](N=Cc2cc(C)cc(C)c2O)c2ccccc2)c2ccccc2)c1.[Cl][Zr][Cl]. The zero-order valence-corrected chi connectivity index (χ0v) is 27.1. The maximum absolute atomic E-state index is 10.6. The van der Waals surface area contributed by atoms with Gasteiger partial charge in [-0.05, 0) is 73.2 Å². The van der Waals surface area contributed by atoms with Gasteiger partial charge >= 0.3 is 37.9 Å². The second-order valence-corrected chi connectivity index (χ2v) is 13.5. The van der Waals surface area contributed by atoms with E-state index < -0.39 is 20.8 Å². The molecule has 0 amide bonds. The van der Waals surface area contributed by atoms with Crippen LogP contribution in [0.3, 0.4) is 0 Å². The predicted octanol–water partition coefficient (Wildman–Crippen LogP) is 9.12. The number of phenolic OH excluding ortho intramolecular Hbond substituents is 2. The Morgan fingerprint density at radius 3 is 1.35 bits per heavy atom. The van der Waals surface area contributed by atoms with Gasteiger partial charge in [-0.2, -0.15) is 0 Å². The van der Waals surface area contributed by atoms with E-state index in [1.807, 2.05) is 88.4 Å². The zero-order chi connectivity index (χ0) is 29.1. The zero-order valence-electron chi connectivity index (χ0n) is 23.1. The second-order valence-electron chi connectivity index (χ2n) is 9.76. The average molecular weight is 653 g/mol. The number of hydrogen-bond acceptors (Lipinski definition) is 4. The molecule has 0 bridgehead atoms. The molecular weight excluding hydrogens is 619 g/mol. The summed E-state index contributed by atoms with van der Waals surface area (Å²) in [5.74, 6) is 0.508. The minimum atomic E-state index is -0.826. The Labute approximate surface area is 256 Å². The third-order valence-electron chi connectivity index (χ3n) is 6.55. The molecule has 40 heavy (non-hydrogen) atoms. The molecule has 7 heteroatoms. The second kappa shape index (κ2) is 15.9. The molecule has 0 saturated carbocycles. The summed E-state index contributed by atoms with van der Waals surface area (Å²) in [5, 5.41) is 21.2. The maximum atomic E-state index is 10.6. The van der Waals surface area contributed by atoms with Crippen molar-refractivity contribution < 1.29 is 31.1 Å². The number of benzene rings is 4. The van der Waals surface area contributed by atoms with Crippen molar-refractivity contribution in [2.24, 2.45) is 9.98 Å². The molecule has 0 fully saturated rings. The molecule has 2 N–H and O–H groups in total. The van der Waals surface area contributed by atoms with E-state index in [9.17, 15) is 10.2 Å². The summed E-state index contributed by atoms with van der Waals surface area (Å²) >= 11 is -0.826. The molecule has 0 radical (unpaired) electrons. The van der Waals surface area contributed by atoms with E-state index in [2.05, 4.69) is 24.3 Å². The number of rotatable bonds is 8. The molecule has 0 spiro atoms. The molecule has 0 unspecified atom stereocenters. The summed E-state index contributed by atoms with van der Waals surface area (Å²) in [6.45, 7) is 7.83. The fraction of sp³-hybridized carbons (Fsp3) is 0.212. The van der Waals surface area contributed by atoms with Crippen LogP contribution >= 0.6 is 17.0 Å². The molecule has 0 aliphatic heterocycles. The van der Waals surface area contributed by atoms with Crippen LogP contribution in [-0.4, -0.2) is 22.6 Å². The van der Waals surface area contributed by atoms with Crippen molar-refractivity contribution >= 4 is 29.5 Å². The molecule has 4 rings (SSSR count). The number of phenols is 2. The number of aliphatic imine (C=N–C) groups is 2. The standard InChI is InChI=1S/C33H34N2O2.2ClH.Zr/c1-22-15-24(3)32(36)28(17-22)20-34-30(26-11-7-5-8-12-26)19-31(27-13-9-6-10-14-27)35-21-29-18-23(2)16-25(4)33(29)37;;;/h5-18,20-21,30-31,36-37H,19H2,1-4H3;2*1H;/q;;;+2/p-2/t30-,31-;;;/m0.../s1. The van der Waals surface area contributed by atoms with Crippen molar-refractivity contribution in [1.29, 1.82) is 0 Å². The molecule has 4 aromatic carbocycles. The van der Waals surface area contributed by atoms with Crippen molar-refractivity contribution in [1.82, 2.24) is 0 Å². The molecule has 2 atom stereocenters. The Morgan fingerprint density at radius 2 is 1.00 bits per heavy atom. The van der Waals surface area contributed by atoms with Crippen molar-refractivity contribution in [3.63, 3.8) is 0 Å². The van der Waals surface area contributed by atoms with Gasteiger partial charge in [-0.25, -0.2) is 0 Å². The van der Waals surface area contributed by atoms with Crippen molar-refractivity contribution in [2.75, 3.05) is 0 Å². The predicted molar refractivity (Wildman–Crippen MR) is 165 cm³/mol. The molecule has 4 nitrogen and oxygen atoms in total. The molecule has 0 aromatic heterocycles. The van der Waals surface area contributed by atoms with E-state index in [1.54, 1.807) is 12.4 Å². The van der Waals surface area contributed by atoms with E-state index in [4.69, 9.17) is 27.0 Å². The van der Waals surface area contributed by atoms with Gasteiger partial charge in [0.2, 0.25) is 0 Å². The van der Waals surface area contributed by atoms with Crippen molar-refractivity contribution in [2.45, 2.75) is 46.2 Å². The van der Waals surface area contributed by atoms with Gasteiger partial charge in [0.25, 0.3) is 0 Å². The van der Waals surface area contributed by atoms with E-state index >= 15 is 0 Å². The quantitative estimate of drug-likeness (QED) is 0.187. The van der Waals surface area contributed by atoms with E-state index in [-0.39, 0.29) is 23.6 Å². The van der Waals surface area contributed by atoms with Gasteiger partial charge < -0.3 is 10.2 Å². The van der Waals surface area contributed by atoms with Crippen LogP contribution in [0.5, 0.6) is 11.5 Å². The molecule has 0 saturated heterocycles. The Balaban J connectivity index is 0.00000141. The summed E-state index contributed by atoms with van der Waals surface area (Å²) in [7, 11) is 9.87. The van der Waals surface area contributed by atoms with Crippen LogP contribution < -0.4 is 0 Å². The molecule has 0 aliphatic rings. The van der Waals surface area contributed by atoms with Gasteiger partial charge in [0.1, 0.15) is 11.5 Å². The summed E-state index contributed by atoms with van der Waals surface area (Å²) in [6.07, 6.45) is 4.17. The van der Waals surface area contributed by atoms with E-state index in [0.29, 0.717) is 17.5 Å². The number of aryl methyl sites for hydroxylation is 4. The summed E-state index contributed by atoms with van der Waals surface area (Å²) in [6, 6.07) is 27.8. The van der Waals surface area contributed by atoms with Gasteiger partial charge in [-0.3, -0.25) is 9.98 Å². The minimum absolute atomic E-state index is 0.184. The summed E-state index contributed by atoms with van der Waals surface area (Å²) < 4.78 is 0. The summed E-state index contributed by atoms with van der Waals surface area (Å²) in [5.41, 5.74) is 7.38. The Kier molecular flexibility index (Phi) is 12.7. The van der Waals surface area contributed by atoms with Crippen LogP contribution in [0.25, 0.3) is 0 Å². The number of hydrogen-bond donors (Lipinski definition) is 2. The van der Waals surface area contributed by atoms with Crippen LogP contribution in [0.4, 0.5) is 0 Å². The normalized spacial score (nSPS) is 12.7. The van der Waals surface area contributed by atoms with Crippen molar-refractivity contribution in [3.05, 3.63) is 129 Å². The first-order valence-electron chi connectivity index (χ1n) is 13.0. The van der Waals surface area contributed by atoms with Crippen LogP contribution in [0.15, 0.2) is 94.9 Å². The van der Waals surface area contributed by atoms with Gasteiger partial charge in [0.05, 0.1) is 12.1 Å². The molecule has 0 heterocycles. The number of halogens is 2. The first kappa shape index (κ1) is 31.8. The first-order valence-corrected chi connectivity index (χ1v) is 19.3. The van der Waals surface area contributed by atoms with Gasteiger partial charge in [-0.15, -0.1) is 0 Å². The van der Waals surface area contributed by atoms with Gasteiger partial charge in [0, 0.05) is 30.0 Å². The molecule has 206 valence electrons. The molecule has 0 aliphatic carbocycles. The van der Waals surface area contributed by atoms with Gasteiger partial charge in [-0.1, -0.05) is 72.8 Å². The average Bonchev–Trinajstić information content (AvgIpc) is 2.94. The van der Waals surface area contributed by atoms with Gasteiger partial charge in [0.15, 0.2) is 0 Å². The monoisotopic (exact) mass is 650 g/mol. The third kappa shape index (κ3) is 9.16. The first-order chi connectivity index (χ1) is 19.2. The van der Waals surface area contributed by atoms with Crippen LogP contribution in [0, 0.1) is 27.7 Å². The van der Waals surface area contributed by atoms with Crippen LogP contribution in [0.1, 0.15) is 63.0 Å². The Hall–Kier alpha value is -2.72. The van der Waals surface area contributed by atoms with E-state index in [1.165, 1.54) is 0 Å². The Morgan fingerprint density at radius 1 is 0.650 bits per heavy atom. The van der Waals surface area contributed by atoms with Crippen LogP contribution in [-0.2, 0) is 20.8 Å². The number of aromatic hydroxyl groups is 2. The van der Waals surface area contributed by atoms with Crippen molar-refractivity contribution in [3.8, 4) is 11.5 Å². The molecule has 4 aromatic rings.